The standard InChI is InChI=1S/C14H16N4O3/c1-9(2)17-14(19)11(8-15)6-10-4-5-12(16-3)13(7-10)18(20)21/h4-7,9,16H,1-3H3,(H,17,19)/b11-6+. The number of nitrogens with one attached hydrogen (secondary N) is 2. The number of benzene rings is 1. The van der Waals surface area contributed by atoms with Crippen LogP contribution in [0, 0.1) is 21.4 Å². The Morgan fingerprint density at radius 2 is 2.14 bits per heavy atom. The highest BCUT2D eigenvalue weighted by atomic mass is 16.6. The summed E-state index contributed by atoms with van der Waals surface area (Å²) >= 11 is 0. The van der Waals surface area contributed by atoms with Gasteiger partial charge in [0, 0.05) is 19.2 Å². The van der Waals surface area contributed by atoms with Crippen LogP contribution in [0.2, 0.25) is 0 Å². The minimum atomic E-state index is -0.524. The summed E-state index contributed by atoms with van der Waals surface area (Å²) in [6, 6.07) is 6.13. The number of nitro groups is 1. The van der Waals surface area contributed by atoms with E-state index in [1.807, 2.05) is 0 Å². The van der Waals surface area contributed by atoms with Gasteiger partial charge in [0.25, 0.3) is 11.6 Å². The van der Waals surface area contributed by atoms with Crippen LogP contribution < -0.4 is 10.6 Å². The lowest BCUT2D eigenvalue weighted by Crippen LogP contribution is -2.30. The van der Waals surface area contributed by atoms with Crippen LogP contribution >= 0.6 is 0 Å². The van der Waals surface area contributed by atoms with E-state index >= 15 is 0 Å². The Morgan fingerprint density at radius 3 is 2.62 bits per heavy atom. The Labute approximate surface area is 122 Å². The smallest absolute Gasteiger partial charge is 0.292 e. The lowest BCUT2D eigenvalue weighted by molar-refractivity contribution is -0.384. The van der Waals surface area contributed by atoms with Gasteiger partial charge >= 0.3 is 0 Å². The zero-order valence-electron chi connectivity index (χ0n) is 12.0. The SMILES string of the molecule is CNc1ccc(/C=C(\C#N)C(=O)NC(C)C)cc1[N+](=O)[O-]. The second kappa shape index (κ2) is 7.05. The maximum atomic E-state index is 11.8. The molecule has 7 heteroatoms. The zero-order valence-corrected chi connectivity index (χ0v) is 12.0. The van der Waals surface area contributed by atoms with E-state index in [1.54, 1.807) is 33.0 Å². The quantitative estimate of drug-likeness (QED) is 0.373. The van der Waals surface area contributed by atoms with E-state index in [4.69, 9.17) is 5.26 Å². The molecule has 0 heterocycles. The van der Waals surface area contributed by atoms with Gasteiger partial charge < -0.3 is 10.6 Å². The van der Waals surface area contributed by atoms with Gasteiger partial charge in [-0.1, -0.05) is 6.07 Å². The second-order valence-corrected chi connectivity index (χ2v) is 4.58. The van der Waals surface area contributed by atoms with Crippen LogP contribution in [0.5, 0.6) is 0 Å². The first-order valence-electron chi connectivity index (χ1n) is 6.28. The lowest BCUT2D eigenvalue weighted by Gasteiger charge is -2.07. The summed E-state index contributed by atoms with van der Waals surface area (Å²) in [5.74, 6) is -0.507. The highest BCUT2D eigenvalue weighted by molar-refractivity contribution is 6.01. The predicted octanol–water partition coefficient (Wildman–Crippen LogP) is 2.07. The number of nitrogens with zero attached hydrogens (tertiary/aromatic N) is 2. The molecule has 1 rings (SSSR count). The number of rotatable bonds is 5. The van der Waals surface area contributed by atoms with Gasteiger partial charge in [-0.25, -0.2) is 0 Å². The van der Waals surface area contributed by atoms with Crippen molar-refractivity contribution in [1.82, 2.24) is 5.32 Å². The normalized spacial score (nSPS) is 10.9. The lowest BCUT2D eigenvalue weighted by atomic mass is 10.1. The van der Waals surface area contributed by atoms with Gasteiger partial charge in [-0.05, 0) is 31.6 Å². The molecule has 0 aliphatic rings. The van der Waals surface area contributed by atoms with Crippen LogP contribution in [0.25, 0.3) is 6.08 Å². The Balaban J connectivity index is 3.18. The second-order valence-electron chi connectivity index (χ2n) is 4.58. The average molecular weight is 288 g/mol. The van der Waals surface area contributed by atoms with E-state index in [-0.39, 0.29) is 17.3 Å². The molecule has 0 saturated heterocycles. The molecule has 0 spiro atoms. The molecule has 0 saturated carbocycles. The molecule has 0 atom stereocenters. The Bertz CT molecular complexity index is 630. The molecule has 0 bridgehead atoms. The summed E-state index contributed by atoms with van der Waals surface area (Å²) in [5, 5.41) is 25.3. The van der Waals surface area contributed by atoms with Crippen molar-refractivity contribution in [1.29, 1.82) is 5.26 Å². The average Bonchev–Trinajstić information content (AvgIpc) is 2.43. The third-order valence-electron chi connectivity index (χ3n) is 2.58. The van der Waals surface area contributed by atoms with E-state index in [1.165, 1.54) is 18.2 Å². The molecule has 0 radical (unpaired) electrons. The largest absolute Gasteiger partial charge is 0.383 e. The van der Waals surface area contributed by atoms with Gasteiger partial charge in [0.1, 0.15) is 17.3 Å². The minimum Gasteiger partial charge on any atom is -0.383 e. The van der Waals surface area contributed by atoms with Gasteiger partial charge in [0.2, 0.25) is 0 Å². The molecule has 0 fully saturated rings. The van der Waals surface area contributed by atoms with Crippen LogP contribution in [-0.2, 0) is 4.79 Å². The van der Waals surface area contributed by atoms with E-state index in [2.05, 4.69) is 10.6 Å². The van der Waals surface area contributed by atoms with Crippen LogP contribution in [0.1, 0.15) is 19.4 Å². The first kappa shape index (κ1) is 16.2. The Morgan fingerprint density at radius 1 is 1.48 bits per heavy atom. The number of carbonyl (C=O) groups is 1. The summed E-state index contributed by atoms with van der Waals surface area (Å²) in [6.45, 7) is 3.55. The molecule has 0 aliphatic heterocycles. The fourth-order valence-electron chi connectivity index (χ4n) is 1.66. The van der Waals surface area contributed by atoms with Crippen molar-refractivity contribution in [3.63, 3.8) is 0 Å². The highest BCUT2D eigenvalue weighted by Crippen LogP contribution is 2.26. The first-order valence-corrected chi connectivity index (χ1v) is 6.28. The van der Waals surface area contributed by atoms with E-state index in [0.717, 1.165) is 0 Å². The summed E-state index contributed by atoms with van der Waals surface area (Å²) in [5.41, 5.74) is 0.557. The fraction of sp³-hybridized carbons (Fsp3) is 0.286. The molecular formula is C14H16N4O3. The summed E-state index contributed by atoms with van der Waals surface area (Å²) in [6.07, 6.45) is 1.32. The van der Waals surface area contributed by atoms with Gasteiger partial charge in [0.05, 0.1) is 4.92 Å². The molecule has 0 unspecified atom stereocenters. The molecule has 1 aromatic carbocycles. The summed E-state index contributed by atoms with van der Waals surface area (Å²) in [4.78, 5) is 22.2. The van der Waals surface area contributed by atoms with Crippen molar-refractivity contribution >= 4 is 23.4 Å². The van der Waals surface area contributed by atoms with Crippen molar-refractivity contribution in [2.75, 3.05) is 12.4 Å². The number of amides is 1. The van der Waals surface area contributed by atoms with Crippen molar-refractivity contribution in [3.05, 3.63) is 39.4 Å². The molecular weight excluding hydrogens is 272 g/mol. The van der Waals surface area contributed by atoms with Crippen LogP contribution in [0.3, 0.4) is 0 Å². The molecule has 0 aromatic heterocycles. The Hall–Kier alpha value is -2.88. The number of hydrogen-bond donors (Lipinski definition) is 2. The van der Waals surface area contributed by atoms with Crippen molar-refractivity contribution in [2.45, 2.75) is 19.9 Å². The van der Waals surface area contributed by atoms with Gasteiger partial charge in [-0.15, -0.1) is 0 Å². The molecule has 2 N–H and O–H groups in total. The molecule has 110 valence electrons. The topological polar surface area (TPSA) is 108 Å². The third-order valence-corrected chi connectivity index (χ3v) is 2.58. The monoisotopic (exact) mass is 288 g/mol. The molecule has 0 aliphatic carbocycles. The van der Waals surface area contributed by atoms with E-state index in [9.17, 15) is 14.9 Å². The maximum absolute atomic E-state index is 11.8. The van der Waals surface area contributed by atoms with E-state index in [0.29, 0.717) is 11.3 Å². The fourth-order valence-corrected chi connectivity index (χ4v) is 1.66. The van der Waals surface area contributed by atoms with Crippen molar-refractivity contribution in [3.8, 4) is 6.07 Å². The number of nitro benzene ring substituents is 1. The third kappa shape index (κ3) is 4.31. The highest BCUT2D eigenvalue weighted by Gasteiger charge is 2.15. The Kier molecular flexibility index (Phi) is 5.43. The maximum Gasteiger partial charge on any atom is 0.292 e. The molecule has 1 amide bonds. The first-order chi connectivity index (χ1) is 9.88. The minimum absolute atomic E-state index is 0.102. The zero-order chi connectivity index (χ0) is 16.0. The van der Waals surface area contributed by atoms with Crippen LogP contribution in [0.15, 0.2) is 23.8 Å². The van der Waals surface area contributed by atoms with Gasteiger partial charge in [0.15, 0.2) is 0 Å². The molecule has 21 heavy (non-hydrogen) atoms. The van der Waals surface area contributed by atoms with Gasteiger partial charge in [-0.3, -0.25) is 14.9 Å². The van der Waals surface area contributed by atoms with E-state index < -0.39 is 10.8 Å². The van der Waals surface area contributed by atoms with Crippen LogP contribution in [0.4, 0.5) is 11.4 Å². The number of anilines is 1. The van der Waals surface area contributed by atoms with Gasteiger partial charge in [-0.2, -0.15) is 5.26 Å². The van der Waals surface area contributed by atoms with Crippen LogP contribution in [-0.4, -0.2) is 23.9 Å². The predicted molar refractivity (Wildman–Crippen MR) is 79.5 cm³/mol. The van der Waals surface area contributed by atoms with Crippen molar-refractivity contribution in [2.24, 2.45) is 0 Å². The van der Waals surface area contributed by atoms with Crippen molar-refractivity contribution < 1.29 is 9.72 Å². The number of nitriles is 1. The molecule has 7 nitrogen and oxygen atoms in total. The number of hydrogen-bond acceptors (Lipinski definition) is 5. The summed E-state index contributed by atoms with van der Waals surface area (Å²) in [7, 11) is 1.58. The summed E-state index contributed by atoms with van der Waals surface area (Å²) < 4.78 is 0. The number of carbonyl (C=O) groups excluding carboxylic acids is 1. The molecule has 1 aromatic rings.